The molecule has 3 N–H and O–H groups in total. The molecule has 1 aliphatic rings. The first-order valence-electron chi connectivity index (χ1n) is 6.41. The van der Waals surface area contributed by atoms with Gasteiger partial charge in [-0.15, -0.1) is 0 Å². The molecule has 104 valence electrons. The van der Waals surface area contributed by atoms with Crippen LogP contribution in [0.2, 0.25) is 0 Å². The third kappa shape index (κ3) is 4.62. The lowest BCUT2D eigenvalue weighted by molar-refractivity contribution is -0.135. The molecule has 0 spiro atoms. The summed E-state index contributed by atoms with van der Waals surface area (Å²) in [6.07, 6.45) is 0.316. The molecule has 0 aliphatic carbocycles. The summed E-state index contributed by atoms with van der Waals surface area (Å²) in [5.74, 6) is -0.0450. The molecule has 1 fully saturated rings. The second-order valence-corrected chi connectivity index (χ2v) is 4.80. The van der Waals surface area contributed by atoms with Crippen molar-refractivity contribution in [1.29, 1.82) is 0 Å². The smallest absolute Gasteiger partial charge is 0.237 e. The van der Waals surface area contributed by atoms with Gasteiger partial charge in [-0.2, -0.15) is 0 Å². The first-order valence-corrected chi connectivity index (χ1v) is 6.41. The van der Waals surface area contributed by atoms with Crippen LogP contribution in [0.25, 0.3) is 0 Å². The zero-order chi connectivity index (χ0) is 13.5. The minimum Gasteiger partial charge on any atom is -0.378 e. The van der Waals surface area contributed by atoms with E-state index in [4.69, 9.17) is 10.5 Å². The molecule has 0 aromatic heterocycles. The van der Waals surface area contributed by atoms with E-state index in [1.807, 2.05) is 13.8 Å². The van der Waals surface area contributed by atoms with Gasteiger partial charge in [0.25, 0.3) is 0 Å². The second kappa shape index (κ2) is 7.33. The van der Waals surface area contributed by atoms with Gasteiger partial charge in [0.2, 0.25) is 11.8 Å². The van der Waals surface area contributed by atoms with Gasteiger partial charge in [-0.25, -0.2) is 0 Å². The van der Waals surface area contributed by atoms with E-state index in [0.717, 1.165) is 0 Å². The summed E-state index contributed by atoms with van der Waals surface area (Å²) in [6, 6.07) is -0.511. The molecule has 1 rings (SSSR count). The van der Waals surface area contributed by atoms with Gasteiger partial charge >= 0.3 is 0 Å². The van der Waals surface area contributed by atoms with Crippen LogP contribution in [-0.2, 0) is 14.3 Å². The summed E-state index contributed by atoms with van der Waals surface area (Å²) in [5.41, 5.74) is 5.70. The number of rotatable bonds is 5. The molecule has 2 amide bonds. The number of carbonyl (C=O) groups is 2. The van der Waals surface area contributed by atoms with E-state index in [-0.39, 0.29) is 17.7 Å². The van der Waals surface area contributed by atoms with Crippen molar-refractivity contribution in [2.45, 2.75) is 26.3 Å². The molecule has 0 unspecified atom stereocenters. The van der Waals surface area contributed by atoms with E-state index in [0.29, 0.717) is 39.3 Å². The van der Waals surface area contributed by atoms with E-state index in [9.17, 15) is 9.59 Å². The van der Waals surface area contributed by atoms with E-state index >= 15 is 0 Å². The van der Waals surface area contributed by atoms with Crippen LogP contribution in [0.5, 0.6) is 0 Å². The summed E-state index contributed by atoms with van der Waals surface area (Å²) >= 11 is 0. The van der Waals surface area contributed by atoms with E-state index in [1.54, 1.807) is 4.90 Å². The lowest BCUT2D eigenvalue weighted by Crippen LogP contribution is -2.46. The van der Waals surface area contributed by atoms with Crippen LogP contribution in [0.4, 0.5) is 0 Å². The number of hydrogen-bond acceptors (Lipinski definition) is 4. The fourth-order valence-corrected chi connectivity index (χ4v) is 1.68. The van der Waals surface area contributed by atoms with Crippen LogP contribution in [0, 0.1) is 5.92 Å². The number of amides is 2. The predicted molar refractivity (Wildman–Crippen MR) is 67.8 cm³/mol. The van der Waals surface area contributed by atoms with Gasteiger partial charge in [0.1, 0.15) is 0 Å². The summed E-state index contributed by atoms with van der Waals surface area (Å²) in [5, 5.41) is 2.69. The Morgan fingerprint density at radius 2 is 1.94 bits per heavy atom. The molecule has 0 aromatic carbocycles. The van der Waals surface area contributed by atoms with Gasteiger partial charge in [0.05, 0.1) is 19.3 Å². The second-order valence-electron chi connectivity index (χ2n) is 4.80. The normalized spacial score (nSPS) is 17.7. The highest BCUT2D eigenvalue weighted by atomic mass is 16.5. The number of hydrogen-bond donors (Lipinski definition) is 2. The van der Waals surface area contributed by atoms with Crippen molar-refractivity contribution >= 4 is 11.8 Å². The summed E-state index contributed by atoms with van der Waals surface area (Å²) in [4.78, 5) is 25.1. The summed E-state index contributed by atoms with van der Waals surface area (Å²) < 4.78 is 5.17. The highest BCUT2D eigenvalue weighted by Crippen LogP contribution is 2.00. The van der Waals surface area contributed by atoms with Crippen molar-refractivity contribution in [3.63, 3.8) is 0 Å². The maximum absolute atomic E-state index is 11.8. The van der Waals surface area contributed by atoms with Gasteiger partial charge in [0.15, 0.2) is 0 Å². The van der Waals surface area contributed by atoms with Crippen LogP contribution in [0.3, 0.4) is 0 Å². The van der Waals surface area contributed by atoms with Gasteiger partial charge in [-0.05, 0) is 5.92 Å². The Labute approximate surface area is 108 Å². The van der Waals surface area contributed by atoms with Gasteiger partial charge in [0, 0.05) is 26.1 Å². The Balaban J connectivity index is 2.20. The lowest BCUT2D eigenvalue weighted by Gasteiger charge is -2.27. The minimum atomic E-state index is -0.511. The number of nitrogens with one attached hydrogen (secondary N) is 1. The highest BCUT2D eigenvalue weighted by Gasteiger charge is 2.19. The average Bonchev–Trinajstić information content (AvgIpc) is 2.38. The summed E-state index contributed by atoms with van der Waals surface area (Å²) in [6.45, 7) is 6.59. The van der Waals surface area contributed by atoms with E-state index in [1.165, 1.54) is 0 Å². The SMILES string of the molecule is CC(C)[C@H](N)C(=O)NCCC(=O)N1CCOCC1. The first kappa shape index (κ1) is 14.9. The number of nitrogens with two attached hydrogens (primary N) is 1. The Bertz CT molecular complexity index is 288. The molecule has 0 saturated carbocycles. The van der Waals surface area contributed by atoms with Crippen LogP contribution >= 0.6 is 0 Å². The molecule has 0 bridgehead atoms. The number of nitrogens with zero attached hydrogens (tertiary/aromatic N) is 1. The van der Waals surface area contributed by atoms with Crippen molar-refractivity contribution in [3.05, 3.63) is 0 Å². The third-order valence-corrected chi connectivity index (χ3v) is 3.02. The standard InChI is InChI=1S/C12H23N3O3/c1-9(2)11(13)12(17)14-4-3-10(16)15-5-7-18-8-6-15/h9,11H,3-8,13H2,1-2H3,(H,14,17)/t11-/m0/s1. The molecular formula is C12H23N3O3. The zero-order valence-electron chi connectivity index (χ0n) is 11.1. The van der Waals surface area contributed by atoms with Gasteiger partial charge in [-0.3, -0.25) is 9.59 Å². The molecule has 6 heteroatoms. The van der Waals surface area contributed by atoms with Crippen LogP contribution < -0.4 is 11.1 Å². The van der Waals surface area contributed by atoms with E-state index in [2.05, 4.69) is 5.32 Å². The Kier molecular flexibility index (Phi) is 6.07. The van der Waals surface area contributed by atoms with Crippen molar-refractivity contribution < 1.29 is 14.3 Å². The van der Waals surface area contributed by atoms with E-state index < -0.39 is 6.04 Å². The fraction of sp³-hybridized carbons (Fsp3) is 0.833. The average molecular weight is 257 g/mol. The highest BCUT2D eigenvalue weighted by molar-refractivity contribution is 5.82. The maximum Gasteiger partial charge on any atom is 0.237 e. The Hall–Kier alpha value is -1.14. The first-order chi connectivity index (χ1) is 8.52. The minimum absolute atomic E-state index is 0.0525. The van der Waals surface area contributed by atoms with Crippen molar-refractivity contribution in [2.24, 2.45) is 11.7 Å². The Morgan fingerprint density at radius 3 is 2.50 bits per heavy atom. The molecular weight excluding hydrogens is 234 g/mol. The third-order valence-electron chi connectivity index (χ3n) is 3.02. The van der Waals surface area contributed by atoms with Crippen LogP contribution in [0.15, 0.2) is 0 Å². The van der Waals surface area contributed by atoms with Crippen molar-refractivity contribution in [3.8, 4) is 0 Å². The Morgan fingerprint density at radius 1 is 1.33 bits per heavy atom. The maximum atomic E-state index is 11.8. The molecule has 1 atom stereocenters. The molecule has 1 saturated heterocycles. The van der Waals surface area contributed by atoms with Crippen molar-refractivity contribution in [2.75, 3.05) is 32.8 Å². The number of ether oxygens (including phenoxy) is 1. The zero-order valence-corrected chi connectivity index (χ0v) is 11.1. The topological polar surface area (TPSA) is 84.7 Å². The van der Waals surface area contributed by atoms with Gasteiger partial charge in [-0.1, -0.05) is 13.8 Å². The molecule has 0 radical (unpaired) electrons. The molecule has 1 aliphatic heterocycles. The quantitative estimate of drug-likeness (QED) is 0.684. The molecule has 18 heavy (non-hydrogen) atoms. The van der Waals surface area contributed by atoms with Crippen LogP contribution in [0.1, 0.15) is 20.3 Å². The number of morpholine rings is 1. The molecule has 1 heterocycles. The number of carbonyl (C=O) groups excluding carboxylic acids is 2. The molecule has 6 nitrogen and oxygen atoms in total. The van der Waals surface area contributed by atoms with Crippen molar-refractivity contribution in [1.82, 2.24) is 10.2 Å². The van der Waals surface area contributed by atoms with Gasteiger partial charge < -0.3 is 20.7 Å². The largest absolute Gasteiger partial charge is 0.378 e. The fourth-order valence-electron chi connectivity index (χ4n) is 1.68. The predicted octanol–water partition coefficient (Wildman–Crippen LogP) is -0.665. The molecule has 0 aromatic rings. The summed E-state index contributed by atoms with van der Waals surface area (Å²) in [7, 11) is 0. The lowest BCUT2D eigenvalue weighted by atomic mass is 10.1. The van der Waals surface area contributed by atoms with Crippen LogP contribution in [-0.4, -0.2) is 55.6 Å². The monoisotopic (exact) mass is 257 g/mol.